The first kappa shape index (κ1) is 21.3. The van der Waals surface area contributed by atoms with Gasteiger partial charge >= 0.3 is 0 Å². The topological polar surface area (TPSA) is 50.8 Å². The van der Waals surface area contributed by atoms with Gasteiger partial charge in [-0.3, -0.25) is 9.69 Å². The van der Waals surface area contributed by atoms with Crippen LogP contribution in [0.3, 0.4) is 0 Å². The summed E-state index contributed by atoms with van der Waals surface area (Å²) in [5, 5.41) is 3.06. The Morgan fingerprint density at radius 1 is 1.21 bits per heavy atom. The first-order valence-electron chi connectivity index (χ1n) is 10.2. The summed E-state index contributed by atoms with van der Waals surface area (Å²) in [7, 11) is 0. The van der Waals surface area contributed by atoms with Gasteiger partial charge in [-0.05, 0) is 31.0 Å². The zero-order chi connectivity index (χ0) is 20.5. The van der Waals surface area contributed by atoms with E-state index in [1.807, 2.05) is 0 Å². The summed E-state index contributed by atoms with van der Waals surface area (Å²) < 4.78 is 24.4. The predicted molar refractivity (Wildman–Crippen MR) is 110 cm³/mol. The fourth-order valence-electron chi connectivity index (χ4n) is 3.50. The molecule has 1 amide bonds. The molecule has 29 heavy (non-hydrogen) atoms. The van der Waals surface area contributed by atoms with Crippen LogP contribution < -0.4 is 10.1 Å². The van der Waals surface area contributed by atoms with E-state index in [9.17, 15) is 9.18 Å². The summed E-state index contributed by atoms with van der Waals surface area (Å²) >= 11 is 0. The molecule has 156 valence electrons. The molecule has 0 radical (unpaired) electrons. The monoisotopic (exact) mass is 400 g/mol. The molecule has 1 atom stereocenters. The van der Waals surface area contributed by atoms with Crippen molar-refractivity contribution in [3.05, 3.63) is 65.5 Å². The molecular formula is C23H29FN2O3. The third kappa shape index (κ3) is 6.54. The van der Waals surface area contributed by atoms with Crippen molar-refractivity contribution in [3.8, 4) is 5.75 Å². The van der Waals surface area contributed by atoms with Gasteiger partial charge in [-0.1, -0.05) is 42.0 Å². The normalized spacial score (nSPS) is 15.7. The molecule has 0 spiro atoms. The van der Waals surface area contributed by atoms with Gasteiger partial charge in [0.25, 0.3) is 0 Å². The zero-order valence-electron chi connectivity index (χ0n) is 16.9. The molecule has 0 bridgehead atoms. The predicted octanol–water partition coefficient (Wildman–Crippen LogP) is 3.48. The van der Waals surface area contributed by atoms with E-state index in [4.69, 9.17) is 9.47 Å². The summed E-state index contributed by atoms with van der Waals surface area (Å²) in [6.07, 6.45) is 0.880. The molecule has 0 aliphatic carbocycles. The third-order valence-electron chi connectivity index (χ3n) is 5.05. The molecule has 1 aliphatic rings. The van der Waals surface area contributed by atoms with E-state index in [1.54, 1.807) is 18.2 Å². The molecule has 1 N–H and O–H groups in total. The number of rotatable bonds is 9. The van der Waals surface area contributed by atoms with Crippen LogP contribution in [0.2, 0.25) is 0 Å². The van der Waals surface area contributed by atoms with E-state index >= 15 is 0 Å². The van der Waals surface area contributed by atoms with Crippen LogP contribution in [0.5, 0.6) is 5.75 Å². The number of morpholine rings is 1. The molecule has 0 saturated carbocycles. The molecule has 1 heterocycles. The molecule has 0 aromatic heterocycles. The summed E-state index contributed by atoms with van der Waals surface area (Å²) in [6.45, 7) is 6.06. The molecule has 2 aromatic rings. The molecule has 5 nitrogen and oxygen atoms in total. The lowest BCUT2D eigenvalue weighted by Gasteiger charge is -2.35. The number of aryl methyl sites for hydroxylation is 1. The van der Waals surface area contributed by atoms with Crippen molar-refractivity contribution in [1.82, 2.24) is 10.2 Å². The highest BCUT2D eigenvalue weighted by Crippen LogP contribution is 2.22. The van der Waals surface area contributed by atoms with Gasteiger partial charge in [0.2, 0.25) is 5.91 Å². The molecule has 1 aliphatic heterocycles. The Bertz CT molecular complexity index is 793. The number of benzene rings is 2. The van der Waals surface area contributed by atoms with E-state index < -0.39 is 0 Å². The number of nitrogens with one attached hydrogen (secondary N) is 1. The van der Waals surface area contributed by atoms with Crippen LogP contribution in [0.25, 0.3) is 0 Å². The maximum Gasteiger partial charge on any atom is 0.220 e. The quantitative estimate of drug-likeness (QED) is 0.655. The third-order valence-corrected chi connectivity index (χ3v) is 5.05. The molecular weight excluding hydrogens is 371 g/mol. The van der Waals surface area contributed by atoms with Crippen molar-refractivity contribution < 1.29 is 18.7 Å². The largest absolute Gasteiger partial charge is 0.491 e. The van der Waals surface area contributed by atoms with E-state index in [0.29, 0.717) is 39.2 Å². The van der Waals surface area contributed by atoms with Gasteiger partial charge in [-0.2, -0.15) is 0 Å². The Labute approximate surface area is 171 Å². The van der Waals surface area contributed by atoms with Crippen molar-refractivity contribution in [2.75, 3.05) is 39.5 Å². The lowest BCUT2D eigenvalue weighted by molar-refractivity contribution is -0.121. The Hall–Kier alpha value is -2.44. The highest BCUT2D eigenvalue weighted by Gasteiger charge is 2.23. The van der Waals surface area contributed by atoms with Crippen LogP contribution in [0, 0.1) is 12.7 Å². The SMILES string of the molecule is Cc1cccc(C(CNC(=O)CCCOc2ccccc2F)N2CCOCC2)c1. The second-order valence-corrected chi connectivity index (χ2v) is 7.26. The summed E-state index contributed by atoms with van der Waals surface area (Å²) in [4.78, 5) is 14.7. The number of carbonyl (C=O) groups is 1. The van der Waals surface area contributed by atoms with Crippen molar-refractivity contribution in [3.63, 3.8) is 0 Å². The second kappa shape index (κ2) is 10.9. The number of amides is 1. The Kier molecular flexibility index (Phi) is 8.02. The maximum absolute atomic E-state index is 13.5. The number of hydrogen-bond donors (Lipinski definition) is 1. The van der Waals surface area contributed by atoms with Crippen molar-refractivity contribution in [2.45, 2.75) is 25.8 Å². The number of nitrogens with zero attached hydrogens (tertiary/aromatic N) is 1. The molecule has 1 saturated heterocycles. The molecule has 1 fully saturated rings. The van der Waals surface area contributed by atoms with Gasteiger partial charge in [0, 0.05) is 26.1 Å². The minimum absolute atomic E-state index is 0.0203. The number of carbonyl (C=O) groups excluding carboxylic acids is 1. The highest BCUT2D eigenvalue weighted by molar-refractivity contribution is 5.75. The minimum Gasteiger partial charge on any atom is -0.491 e. The summed E-state index contributed by atoms with van der Waals surface area (Å²) in [5.74, 6) is -0.184. The maximum atomic E-state index is 13.5. The van der Waals surface area contributed by atoms with Gasteiger partial charge in [0.05, 0.1) is 25.9 Å². The number of halogens is 1. The molecule has 2 aromatic carbocycles. The van der Waals surface area contributed by atoms with Crippen LogP contribution in [-0.4, -0.2) is 50.3 Å². The van der Waals surface area contributed by atoms with Gasteiger partial charge in [-0.25, -0.2) is 4.39 Å². The summed E-state index contributed by atoms with van der Waals surface area (Å²) in [5.41, 5.74) is 2.41. The number of hydrogen-bond acceptors (Lipinski definition) is 4. The van der Waals surface area contributed by atoms with E-state index in [1.165, 1.54) is 17.2 Å². The van der Waals surface area contributed by atoms with Gasteiger partial charge < -0.3 is 14.8 Å². The fourth-order valence-corrected chi connectivity index (χ4v) is 3.50. The first-order valence-corrected chi connectivity index (χ1v) is 10.2. The Morgan fingerprint density at radius 3 is 2.76 bits per heavy atom. The van der Waals surface area contributed by atoms with Gasteiger partial charge in [0.1, 0.15) is 0 Å². The fraction of sp³-hybridized carbons (Fsp3) is 0.435. The van der Waals surface area contributed by atoms with Crippen molar-refractivity contribution >= 4 is 5.91 Å². The molecule has 6 heteroatoms. The van der Waals surface area contributed by atoms with Gasteiger partial charge in [-0.15, -0.1) is 0 Å². The Morgan fingerprint density at radius 2 is 2.00 bits per heavy atom. The Balaban J connectivity index is 1.48. The van der Waals surface area contributed by atoms with E-state index in [-0.39, 0.29) is 23.5 Å². The van der Waals surface area contributed by atoms with Crippen LogP contribution in [0.4, 0.5) is 4.39 Å². The van der Waals surface area contributed by atoms with Crippen molar-refractivity contribution in [1.29, 1.82) is 0 Å². The molecule has 3 rings (SSSR count). The van der Waals surface area contributed by atoms with Crippen LogP contribution in [0.15, 0.2) is 48.5 Å². The highest BCUT2D eigenvalue weighted by atomic mass is 19.1. The zero-order valence-corrected chi connectivity index (χ0v) is 16.9. The van der Waals surface area contributed by atoms with E-state index in [2.05, 4.69) is 41.4 Å². The van der Waals surface area contributed by atoms with Crippen LogP contribution in [-0.2, 0) is 9.53 Å². The second-order valence-electron chi connectivity index (χ2n) is 7.26. The van der Waals surface area contributed by atoms with Crippen molar-refractivity contribution in [2.24, 2.45) is 0 Å². The smallest absolute Gasteiger partial charge is 0.220 e. The lowest BCUT2D eigenvalue weighted by atomic mass is 10.0. The summed E-state index contributed by atoms with van der Waals surface area (Å²) in [6, 6.07) is 14.8. The minimum atomic E-state index is -0.386. The van der Waals surface area contributed by atoms with Gasteiger partial charge in [0.15, 0.2) is 11.6 Å². The lowest BCUT2D eigenvalue weighted by Crippen LogP contribution is -2.43. The average molecular weight is 400 g/mol. The van der Waals surface area contributed by atoms with E-state index in [0.717, 1.165) is 13.1 Å². The van der Waals surface area contributed by atoms with Crippen LogP contribution in [0.1, 0.15) is 30.0 Å². The molecule has 1 unspecified atom stereocenters. The number of para-hydroxylation sites is 1. The number of ether oxygens (including phenoxy) is 2. The van der Waals surface area contributed by atoms with Crippen LogP contribution >= 0.6 is 0 Å². The average Bonchev–Trinajstić information content (AvgIpc) is 2.73. The first-order chi connectivity index (χ1) is 14.1. The standard InChI is InChI=1S/C23H29FN2O3/c1-18-6-4-7-19(16-18)21(26-11-14-28-15-12-26)17-25-23(27)10-5-13-29-22-9-3-2-8-20(22)24/h2-4,6-9,16,21H,5,10-15,17H2,1H3,(H,25,27).